The molecule has 0 bridgehead atoms. The van der Waals surface area contributed by atoms with Crippen molar-refractivity contribution in [1.82, 2.24) is 20.1 Å². The average molecular weight is 368 g/mol. The molecule has 0 aliphatic rings. The molecule has 0 spiro atoms. The zero-order valence-electron chi connectivity index (χ0n) is 16.3. The van der Waals surface area contributed by atoms with E-state index in [-0.39, 0.29) is 5.91 Å². The quantitative estimate of drug-likeness (QED) is 0.723. The number of hydrogen-bond donors (Lipinski definition) is 1. The minimum atomic E-state index is -0.136. The van der Waals surface area contributed by atoms with Gasteiger partial charge in [0, 0.05) is 19.3 Å². The Labute approximate surface area is 158 Å². The molecule has 2 heterocycles. The highest BCUT2D eigenvalue weighted by Crippen LogP contribution is 2.24. The Morgan fingerprint density at radius 1 is 1.19 bits per heavy atom. The number of ether oxygens (including phenoxy) is 2. The number of rotatable bonds is 6. The lowest BCUT2D eigenvalue weighted by Crippen LogP contribution is -2.26. The maximum absolute atomic E-state index is 12.8. The van der Waals surface area contributed by atoms with Crippen LogP contribution in [0.3, 0.4) is 0 Å². The molecule has 0 fully saturated rings. The van der Waals surface area contributed by atoms with Crippen LogP contribution < -0.4 is 14.8 Å². The first-order chi connectivity index (χ1) is 12.9. The molecule has 0 aliphatic carbocycles. The van der Waals surface area contributed by atoms with Crippen LogP contribution in [0, 0.1) is 13.8 Å². The Morgan fingerprint density at radius 3 is 2.67 bits per heavy atom. The Hall–Kier alpha value is -3.09. The van der Waals surface area contributed by atoms with E-state index >= 15 is 0 Å². The van der Waals surface area contributed by atoms with Crippen LogP contribution >= 0.6 is 0 Å². The molecule has 1 aromatic carbocycles. The van der Waals surface area contributed by atoms with Gasteiger partial charge in [0.2, 0.25) is 0 Å². The van der Waals surface area contributed by atoms with Gasteiger partial charge in [-0.25, -0.2) is 4.98 Å². The molecule has 0 aliphatic heterocycles. The third kappa shape index (κ3) is 3.72. The van der Waals surface area contributed by atoms with Crippen molar-refractivity contribution in [2.24, 2.45) is 7.05 Å². The highest BCUT2D eigenvalue weighted by molar-refractivity contribution is 6.06. The summed E-state index contributed by atoms with van der Waals surface area (Å²) in [7, 11) is 5.09. The second kappa shape index (κ2) is 7.65. The topological polar surface area (TPSA) is 78.3 Å². The van der Waals surface area contributed by atoms with Crippen molar-refractivity contribution < 1.29 is 14.3 Å². The number of aryl methyl sites for hydroxylation is 3. The van der Waals surface area contributed by atoms with E-state index < -0.39 is 0 Å². The predicted octanol–water partition coefficient (Wildman–Crippen LogP) is 2.57. The van der Waals surface area contributed by atoms with Gasteiger partial charge in [-0.3, -0.25) is 9.48 Å². The second-order valence-corrected chi connectivity index (χ2v) is 6.40. The maximum atomic E-state index is 12.8. The van der Waals surface area contributed by atoms with Crippen molar-refractivity contribution in [3.63, 3.8) is 0 Å². The van der Waals surface area contributed by atoms with Gasteiger partial charge in [-0.1, -0.05) is 0 Å². The maximum Gasteiger partial charge on any atom is 0.252 e. The van der Waals surface area contributed by atoms with E-state index in [1.165, 1.54) is 0 Å². The standard InChI is InChI=1S/C20H24N4O3/c1-12-10-16(18-13(2)23-24(3)19(18)22-12)20(25)21-9-8-14-11-15(26-4)6-7-17(14)27-5/h6-7,10-11H,8-9H2,1-5H3,(H,21,25). The number of benzene rings is 1. The fraction of sp³-hybridized carbons (Fsp3) is 0.350. The summed E-state index contributed by atoms with van der Waals surface area (Å²) in [5.41, 5.74) is 3.86. The second-order valence-electron chi connectivity index (χ2n) is 6.40. The Morgan fingerprint density at radius 2 is 1.96 bits per heavy atom. The lowest BCUT2D eigenvalue weighted by atomic mass is 10.1. The minimum Gasteiger partial charge on any atom is -0.497 e. The van der Waals surface area contributed by atoms with Gasteiger partial charge < -0.3 is 14.8 Å². The van der Waals surface area contributed by atoms with Gasteiger partial charge in [-0.2, -0.15) is 5.10 Å². The third-order valence-corrected chi connectivity index (χ3v) is 4.51. The summed E-state index contributed by atoms with van der Waals surface area (Å²) in [6, 6.07) is 7.44. The molecule has 0 unspecified atom stereocenters. The summed E-state index contributed by atoms with van der Waals surface area (Å²) in [6.45, 7) is 4.24. The fourth-order valence-electron chi connectivity index (χ4n) is 3.23. The molecule has 0 saturated heterocycles. The van der Waals surface area contributed by atoms with Crippen molar-refractivity contribution in [3.8, 4) is 11.5 Å². The summed E-state index contributed by atoms with van der Waals surface area (Å²) in [5, 5.41) is 8.17. The van der Waals surface area contributed by atoms with Gasteiger partial charge in [-0.15, -0.1) is 0 Å². The first-order valence-electron chi connectivity index (χ1n) is 8.74. The summed E-state index contributed by atoms with van der Waals surface area (Å²) >= 11 is 0. The first kappa shape index (κ1) is 18.7. The number of aromatic nitrogens is 3. The molecular formula is C20H24N4O3. The van der Waals surface area contributed by atoms with Gasteiger partial charge in [0.25, 0.3) is 5.91 Å². The van der Waals surface area contributed by atoms with E-state index in [0.29, 0.717) is 24.2 Å². The van der Waals surface area contributed by atoms with Gasteiger partial charge in [-0.05, 0) is 50.1 Å². The van der Waals surface area contributed by atoms with Crippen LogP contribution in [-0.2, 0) is 13.5 Å². The summed E-state index contributed by atoms with van der Waals surface area (Å²) < 4.78 is 12.4. The molecule has 0 radical (unpaired) electrons. The number of nitrogens with one attached hydrogen (secondary N) is 1. The molecule has 0 saturated carbocycles. The van der Waals surface area contributed by atoms with Crippen molar-refractivity contribution in [3.05, 3.63) is 46.8 Å². The molecule has 3 rings (SSSR count). The molecule has 7 nitrogen and oxygen atoms in total. The third-order valence-electron chi connectivity index (χ3n) is 4.51. The molecule has 2 aromatic heterocycles. The van der Waals surface area contributed by atoms with Crippen LogP contribution in [0.15, 0.2) is 24.3 Å². The lowest BCUT2D eigenvalue weighted by Gasteiger charge is -2.12. The molecule has 7 heteroatoms. The molecule has 1 N–H and O–H groups in total. The predicted molar refractivity (Wildman–Crippen MR) is 104 cm³/mol. The molecule has 3 aromatic rings. The van der Waals surface area contributed by atoms with Crippen molar-refractivity contribution in [2.75, 3.05) is 20.8 Å². The number of carbonyl (C=O) groups excluding carboxylic acids is 1. The summed E-state index contributed by atoms with van der Waals surface area (Å²) in [5.74, 6) is 1.40. The molecule has 27 heavy (non-hydrogen) atoms. The van der Waals surface area contributed by atoms with Gasteiger partial charge in [0.15, 0.2) is 5.65 Å². The largest absolute Gasteiger partial charge is 0.497 e. The highest BCUT2D eigenvalue weighted by atomic mass is 16.5. The molecule has 0 atom stereocenters. The van der Waals surface area contributed by atoms with E-state index in [9.17, 15) is 4.79 Å². The summed E-state index contributed by atoms with van der Waals surface area (Å²) in [6.07, 6.45) is 0.630. The Bertz CT molecular complexity index is 995. The Kier molecular flexibility index (Phi) is 5.30. The van der Waals surface area contributed by atoms with Gasteiger partial charge in [0.1, 0.15) is 11.5 Å². The van der Waals surface area contributed by atoms with Crippen LogP contribution in [0.25, 0.3) is 11.0 Å². The number of pyridine rings is 1. The highest BCUT2D eigenvalue weighted by Gasteiger charge is 2.17. The van der Waals surface area contributed by atoms with Crippen molar-refractivity contribution >= 4 is 16.9 Å². The van der Waals surface area contributed by atoms with E-state index in [4.69, 9.17) is 9.47 Å². The molecule has 142 valence electrons. The van der Waals surface area contributed by atoms with E-state index in [0.717, 1.165) is 33.8 Å². The number of amides is 1. The SMILES string of the molecule is COc1ccc(OC)c(CCNC(=O)c2cc(C)nc3c2c(C)nn3C)c1. The average Bonchev–Trinajstić information content (AvgIpc) is 2.94. The lowest BCUT2D eigenvalue weighted by molar-refractivity contribution is 0.0955. The van der Waals surface area contributed by atoms with E-state index in [1.54, 1.807) is 25.0 Å². The first-order valence-corrected chi connectivity index (χ1v) is 8.74. The van der Waals surface area contributed by atoms with Crippen LogP contribution in [0.5, 0.6) is 11.5 Å². The van der Waals surface area contributed by atoms with E-state index in [2.05, 4.69) is 15.4 Å². The van der Waals surface area contributed by atoms with Crippen molar-refractivity contribution in [2.45, 2.75) is 20.3 Å². The zero-order chi connectivity index (χ0) is 19.6. The van der Waals surface area contributed by atoms with Crippen LogP contribution in [-0.4, -0.2) is 41.4 Å². The van der Waals surface area contributed by atoms with Gasteiger partial charge >= 0.3 is 0 Å². The Balaban J connectivity index is 1.79. The number of fused-ring (bicyclic) bond motifs is 1. The minimum absolute atomic E-state index is 0.136. The normalized spacial score (nSPS) is 10.9. The van der Waals surface area contributed by atoms with Crippen LogP contribution in [0.2, 0.25) is 0 Å². The number of methoxy groups -OCH3 is 2. The number of hydrogen-bond acceptors (Lipinski definition) is 5. The van der Waals surface area contributed by atoms with E-state index in [1.807, 2.05) is 39.1 Å². The summed E-state index contributed by atoms with van der Waals surface area (Å²) in [4.78, 5) is 17.3. The fourth-order valence-corrected chi connectivity index (χ4v) is 3.23. The monoisotopic (exact) mass is 368 g/mol. The van der Waals surface area contributed by atoms with Gasteiger partial charge in [0.05, 0.1) is 30.9 Å². The number of carbonyl (C=O) groups is 1. The smallest absolute Gasteiger partial charge is 0.252 e. The molecular weight excluding hydrogens is 344 g/mol. The zero-order valence-corrected chi connectivity index (χ0v) is 16.3. The molecule has 1 amide bonds. The van der Waals surface area contributed by atoms with Crippen LogP contribution in [0.4, 0.5) is 0 Å². The van der Waals surface area contributed by atoms with Crippen LogP contribution in [0.1, 0.15) is 27.3 Å². The van der Waals surface area contributed by atoms with Crippen molar-refractivity contribution in [1.29, 1.82) is 0 Å². The number of nitrogens with zero attached hydrogens (tertiary/aromatic N) is 3.